The largest absolute Gasteiger partial charge is 0.486 e. The van der Waals surface area contributed by atoms with E-state index in [1.54, 1.807) is 12.1 Å². The average molecular weight is 487 g/mol. The van der Waals surface area contributed by atoms with Crippen LogP contribution in [0, 0.1) is 18.8 Å². The summed E-state index contributed by atoms with van der Waals surface area (Å²) in [4.78, 5) is 27.4. The first-order chi connectivity index (χ1) is 17.4. The zero-order chi connectivity index (χ0) is 25.2. The van der Waals surface area contributed by atoms with E-state index in [-0.39, 0.29) is 30.4 Å². The zero-order valence-electron chi connectivity index (χ0n) is 21.3. The fraction of sp³-hybridized carbons (Fsp3) is 0.400. The number of hydrogen-bond donors (Lipinski definition) is 1. The molecule has 5 rings (SSSR count). The van der Waals surface area contributed by atoms with Crippen LogP contribution in [0.4, 0.5) is 0 Å². The molecule has 6 heteroatoms. The third kappa shape index (κ3) is 5.32. The van der Waals surface area contributed by atoms with Gasteiger partial charge in [-0.2, -0.15) is 0 Å². The Bertz CT molecular complexity index is 1240. The monoisotopic (exact) mass is 486 g/mol. The van der Waals surface area contributed by atoms with Crippen molar-refractivity contribution in [2.24, 2.45) is 11.8 Å². The Balaban J connectivity index is 1.34. The topological polar surface area (TPSA) is 71.8 Å². The molecule has 1 fully saturated rings. The number of ether oxygens (including phenoxy) is 1. The van der Waals surface area contributed by atoms with Crippen LogP contribution < -0.4 is 10.1 Å². The molecule has 1 aliphatic carbocycles. The highest BCUT2D eigenvalue weighted by Crippen LogP contribution is 2.38. The lowest BCUT2D eigenvalue weighted by Crippen LogP contribution is -2.42. The molecule has 0 bridgehead atoms. The van der Waals surface area contributed by atoms with Gasteiger partial charge in [0.2, 0.25) is 5.91 Å². The molecule has 2 aromatic carbocycles. The molecule has 1 N–H and O–H groups in total. The van der Waals surface area contributed by atoms with Gasteiger partial charge in [0.1, 0.15) is 18.1 Å². The highest BCUT2D eigenvalue weighted by molar-refractivity contribution is 5.91. The van der Waals surface area contributed by atoms with Crippen molar-refractivity contribution < 1.29 is 18.7 Å². The van der Waals surface area contributed by atoms with Gasteiger partial charge in [-0.1, -0.05) is 49.7 Å². The van der Waals surface area contributed by atoms with Crippen LogP contribution in [0.1, 0.15) is 71.3 Å². The second-order valence-corrected chi connectivity index (χ2v) is 10.3. The molecule has 3 aromatic rings. The second kappa shape index (κ2) is 10.2. The van der Waals surface area contributed by atoms with Crippen LogP contribution in [0.15, 0.2) is 59.0 Å². The minimum absolute atomic E-state index is 0.0754. The number of fused-ring (bicyclic) bond motifs is 1. The second-order valence-electron chi connectivity index (χ2n) is 10.3. The number of nitrogens with one attached hydrogen (secondary N) is 1. The van der Waals surface area contributed by atoms with Gasteiger partial charge in [0.15, 0.2) is 5.76 Å². The summed E-state index contributed by atoms with van der Waals surface area (Å²) < 4.78 is 11.8. The fourth-order valence-corrected chi connectivity index (χ4v) is 4.74. The Kier molecular flexibility index (Phi) is 6.86. The summed E-state index contributed by atoms with van der Waals surface area (Å²) in [6.07, 6.45) is 3.19. The molecule has 0 spiro atoms. The van der Waals surface area contributed by atoms with Gasteiger partial charge >= 0.3 is 0 Å². The molecule has 1 atom stereocenters. The van der Waals surface area contributed by atoms with E-state index >= 15 is 0 Å². The van der Waals surface area contributed by atoms with Gasteiger partial charge in [-0.05, 0) is 73.1 Å². The van der Waals surface area contributed by atoms with E-state index in [0.29, 0.717) is 36.3 Å². The van der Waals surface area contributed by atoms with Crippen LogP contribution in [0.5, 0.6) is 5.75 Å². The Morgan fingerprint density at radius 1 is 1.08 bits per heavy atom. The maximum absolute atomic E-state index is 13.1. The van der Waals surface area contributed by atoms with Crippen LogP contribution in [-0.2, 0) is 17.8 Å². The molecule has 1 aliphatic heterocycles. The lowest BCUT2D eigenvalue weighted by Gasteiger charge is -2.39. The number of aryl methyl sites for hydroxylation is 1. The SMILES string of the molecule is Cc1ccc(C2c3cc(OCc4ccc(C(=O)NCC5CC5)o4)ccc3CCN2C(=O)C(C)C)cc1. The fourth-order valence-electron chi connectivity index (χ4n) is 4.74. The predicted octanol–water partition coefficient (Wildman–Crippen LogP) is 5.44. The third-order valence-electron chi connectivity index (χ3n) is 7.03. The van der Waals surface area contributed by atoms with Gasteiger partial charge in [0, 0.05) is 19.0 Å². The number of rotatable bonds is 8. The van der Waals surface area contributed by atoms with Gasteiger partial charge in [-0.3, -0.25) is 9.59 Å². The van der Waals surface area contributed by atoms with Crippen molar-refractivity contribution in [1.29, 1.82) is 0 Å². The highest BCUT2D eigenvalue weighted by Gasteiger charge is 2.33. The van der Waals surface area contributed by atoms with Crippen molar-refractivity contribution in [2.75, 3.05) is 13.1 Å². The lowest BCUT2D eigenvalue weighted by molar-refractivity contribution is -0.136. The van der Waals surface area contributed by atoms with E-state index < -0.39 is 0 Å². The van der Waals surface area contributed by atoms with Gasteiger partial charge in [-0.15, -0.1) is 0 Å². The van der Waals surface area contributed by atoms with E-state index in [1.165, 1.54) is 24.0 Å². The number of hydrogen-bond acceptors (Lipinski definition) is 4. The number of amides is 2. The molecule has 188 valence electrons. The van der Waals surface area contributed by atoms with Crippen molar-refractivity contribution in [1.82, 2.24) is 10.2 Å². The van der Waals surface area contributed by atoms with E-state index in [1.807, 2.05) is 30.9 Å². The quantitative estimate of drug-likeness (QED) is 0.460. The van der Waals surface area contributed by atoms with Crippen LogP contribution >= 0.6 is 0 Å². The zero-order valence-corrected chi connectivity index (χ0v) is 21.3. The normalized spacial score (nSPS) is 17.1. The molecule has 0 saturated heterocycles. The van der Waals surface area contributed by atoms with Crippen molar-refractivity contribution in [3.8, 4) is 5.75 Å². The Hall–Kier alpha value is -3.54. The molecule has 1 unspecified atom stereocenters. The van der Waals surface area contributed by atoms with Gasteiger partial charge in [-0.25, -0.2) is 0 Å². The molecule has 0 radical (unpaired) electrons. The summed E-state index contributed by atoms with van der Waals surface area (Å²) in [5.74, 6) is 2.12. The van der Waals surface area contributed by atoms with Crippen molar-refractivity contribution in [3.63, 3.8) is 0 Å². The van der Waals surface area contributed by atoms with Crippen molar-refractivity contribution in [2.45, 2.75) is 52.7 Å². The Morgan fingerprint density at radius 2 is 1.86 bits per heavy atom. The molecule has 1 saturated carbocycles. The standard InChI is InChI=1S/C30H34N2O4/c1-19(2)30(34)32-15-14-22-10-11-24(16-26(22)28(32)23-8-4-20(3)5-9-23)35-18-25-12-13-27(36-25)29(33)31-17-21-6-7-21/h4-5,8-13,16,19,21,28H,6-7,14-15,17-18H2,1-3H3,(H,31,33). The summed E-state index contributed by atoms with van der Waals surface area (Å²) in [7, 11) is 0. The minimum Gasteiger partial charge on any atom is -0.486 e. The molecule has 1 aromatic heterocycles. The van der Waals surface area contributed by atoms with Gasteiger partial charge in [0.25, 0.3) is 5.91 Å². The maximum Gasteiger partial charge on any atom is 0.287 e. The average Bonchev–Trinajstić information content (AvgIpc) is 3.60. The number of furan rings is 1. The van der Waals surface area contributed by atoms with Gasteiger partial charge in [0.05, 0.1) is 6.04 Å². The summed E-state index contributed by atoms with van der Waals surface area (Å²) in [5, 5.41) is 2.92. The minimum atomic E-state index is -0.183. The van der Waals surface area contributed by atoms with E-state index in [9.17, 15) is 9.59 Å². The van der Waals surface area contributed by atoms with Crippen molar-refractivity contribution in [3.05, 3.63) is 88.4 Å². The summed E-state index contributed by atoms with van der Waals surface area (Å²) in [5.41, 5.74) is 4.61. The molecule has 6 nitrogen and oxygen atoms in total. The van der Waals surface area contributed by atoms with Crippen LogP contribution in [-0.4, -0.2) is 29.8 Å². The van der Waals surface area contributed by atoms with Crippen molar-refractivity contribution >= 4 is 11.8 Å². The number of nitrogens with zero attached hydrogens (tertiary/aromatic N) is 1. The van der Waals surface area contributed by atoms with E-state index in [4.69, 9.17) is 9.15 Å². The first kappa shape index (κ1) is 24.2. The van der Waals surface area contributed by atoms with Crippen LogP contribution in [0.3, 0.4) is 0 Å². The number of benzene rings is 2. The Morgan fingerprint density at radius 3 is 2.58 bits per heavy atom. The predicted molar refractivity (Wildman–Crippen MR) is 138 cm³/mol. The lowest BCUT2D eigenvalue weighted by atomic mass is 9.87. The van der Waals surface area contributed by atoms with Gasteiger partial charge < -0.3 is 19.4 Å². The summed E-state index contributed by atoms with van der Waals surface area (Å²) >= 11 is 0. The molecule has 2 heterocycles. The highest BCUT2D eigenvalue weighted by atomic mass is 16.5. The summed E-state index contributed by atoms with van der Waals surface area (Å²) in [6, 6.07) is 17.8. The first-order valence-electron chi connectivity index (χ1n) is 12.9. The third-order valence-corrected chi connectivity index (χ3v) is 7.03. The maximum atomic E-state index is 13.1. The molecule has 2 aliphatic rings. The first-order valence-corrected chi connectivity index (χ1v) is 12.9. The Labute approximate surface area is 212 Å². The van der Waals surface area contributed by atoms with Crippen LogP contribution in [0.25, 0.3) is 0 Å². The van der Waals surface area contributed by atoms with E-state index in [0.717, 1.165) is 17.5 Å². The molecule has 2 amide bonds. The number of carbonyl (C=O) groups is 2. The molecule has 36 heavy (non-hydrogen) atoms. The molecular weight excluding hydrogens is 452 g/mol. The summed E-state index contributed by atoms with van der Waals surface area (Å²) in [6.45, 7) is 7.59. The smallest absolute Gasteiger partial charge is 0.287 e. The van der Waals surface area contributed by atoms with Crippen LogP contribution in [0.2, 0.25) is 0 Å². The number of carbonyl (C=O) groups excluding carboxylic acids is 2. The molecular formula is C30H34N2O4. The van der Waals surface area contributed by atoms with E-state index in [2.05, 4.69) is 42.6 Å².